The lowest BCUT2D eigenvalue weighted by molar-refractivity contribution is -0.206. The molecule has 0 bridgehead atoms. The number of rotatable bonds is 1. The van der Waals surface area contributed by atoms with Crippen molar-refractivity contribution in [1.82, 2.24) is 15.1 Å². The molecule has 1 fully saturated rings. The molecule has 0 aromatic rings. The molecule has 1 saturated heterocycles. The Hall–Kier alpha value is -0.850. The molecule has 0 atom stereocenters. The molecule has 0 unspecified atom stereocenters. The first-order valence-corrected chi connectivity index (χ1v) is 3.83. The normalized spacial score (nSPS) is 20.8. The smallest absolute Gasteiger partial charge is 0.349 e. The molecule has 70 valence electrons. The van der Waals surface area contributed by atoms with Gasteiger partial charge in [-0.25, -0.2) is 4.79 Å². The molecule has 1 aliphatic rings. The lowest BCUT2D eigenvalue weighted by atomic mass is 10.4. The lowest BCUT2D eigenvalue weighted by Crippen LogP contribution is -2.54. The summed E-state index contributed by atoms with van der Waals surface area (Å²) in [6.07, 6.45) is 0. The van der Waals surface area contributed by atoms with E-state index in [9.17, 15) is 4.79 Å². The van der Waals surface area contributed by atoms with Gasteiger partial charge in [-0.05, 0) is 7.05 Å². The van der Waals surface area contributed by atoms with Gasteiger partial charge in [-0.2, -0.15) is 5.01 Å². The topological polar surface area (TPSA) is 73.0 Å². The van der Waals surface area contributed by atoms with E-state index in [0.29, 0.717) is 18.3 Å². The Bertz CT molecular complexity index is 167. The van der Waals surface area contributed by atoms with Crippen LogP contribution in [0, 0.1) is 0 Å². The van der Waals surface area contributed by atoms with Crippen molar-refractivity contribution in [1.29, 1.82) is 0 Å². The molecule has 0 aromatic carbocycles. The number of hydrogen-bond acceptors (Lipinski definition) is 4. The summed E-state index contributed by atoms with van der Waals surface area (Å²) in [5.74, 6) is 0. The fourth-order valence-electron chi connectivity index (χ4n) is 1.12. The van der Waals surface area contributed by atoms with Gasteiger partial charge in [0, 0.05) is 26.2 Å². The highest BCUT2D eigenvalue weighted by Gasteiger charge is 2.21. The van der Waals surface area contributed by atoms with Crippen molar-refractivity contribution < 1.29 is 10.0 Å². The second-order valence-electron chi connectivity index (χ2n) is 2.88. The van der Waals surface area contributed by atoms with Crippen molar-refractivity contribution in [3.05, 3.63) is 0 Å². The number of urea groups is 1. The maximum Gasteiger partial charge on any atom is 0.354 e. The van der Waals surface area contributed by atoms with Crippen molar-refractivity contribution in [2.24, 2.45) is 5.73 Å². The average molecular weight is 174 g/mol. The summed E-state index contributed by atoms with van der Waals surface area (Å²) in [4.78, 5) is 12.6. The fourth-order valence-corrected chi connectivity index (χ4v) is 1.12. The van der Waals surface area contributed by atoms with Crippen LogP contribution >= 0.6 is 0 Å². The van der Waals surface area contributed by atoms with Gasteiger partial charge in [-0.15, -0.1) is 5.17 Å². The van der Waals surface area contributed by atoms with E-state index in [-0.39, 0.29) is 0 Å². The zero-order chi connectivity index (χ0) is 9.14. The number of nitrogens with two attached hydrogens (primary N) is 1. The Morgan fingerprint density at radius 3 is 2.33 bits per heavy atom. The number of carbonyl (C=O) groups is 1. The number of hydrazine groups is 1. The van der Waals surface area contributed by atoms with Crippen LogP contribution in [-0.2, 0) is 0 Å². The summed E-state index contributed by atoms with van der Waals surface area (Å²) >= 11 is 0. The first kappa shape index (κ1) is 9.24. The molecular weight excluding hydrogens is 160 g/mol. The molecule has 1 aliphatic heterocycles. The second kappa shape index (κ2) is 3.70. The molecule has 0 radical (unpaired) electrons. The zero-order valence-electron chi connectivity index (χ0n) is 7.10. The number of nitrogens with zero attached hydrogens (tertiary/aromatic N) is 3. The maximum atomic E-state index is 10.5. The van der Waals surface area contributed by atoms with E-state index in [2.05, 4.69) is 4.90 Å². The van der Waals surface area contributed by atoms with Crippen LogP contribution < -0.4 is 5.73 Å². The molecule has 3 N–H and O–H groups in total. The number of piperazine rings is 1. The van der Waals surface area contributed by atoms with Crippen LogP contribution in [0.1, 0.15) is 0 Å². The molecular formula is C6H14N4O2. The number of primary amides is 1. The van der Waals surface area contributed by atoms with Crippen LogP contribution in [0.5, 0.6) is 0 Å². The van der Waals surface area contributed by atoms with Crippen molar-refractivity contribution >= 4 is 6.03 Å². The highest BCUT2D eigenvalue weighted by molar-refractivity contribution is 5.69. The van der Waals surface area contributed by atoms with Gasteiger partial charge in [-0.3, -0.25) is 5.21 Å². The third-order valence-electron chi connectivity index (χ3n) is 1.94. The van der Waals surface area contributed by atoms with Crippen LogP contribution in [0.25, 0.3) is 0 Å². The van der Waals surface area contributed by atoms with E-state index in [1.807, 2.05) is 7.05 Å². The van der Waals surface area contributed by atoms with Crippen molar-refractivity contribution in [3.8, 4) is 0 Å². The molecule has 1 rings (SSSR count). The summed E-state index contributed by atoms with van der Waals surface area (Å²) in [6.45, 7) is 2.89. The van der Waals surface area contributed by atoms with Crippen molar-refractivity contribution in [2.75, 3.05) is 33.2 Å². The SMILES string of the molecule is CN1CCN(N(O)C(N)=O)CC1. The Balaban J connectivity index is 2.39. The van der Waals surface area contributed by atoms with E-state index in [4.69, 9.17) is 10.9 Å². The first-order valence-electron chi connectivity index (χ1n) is 3.83. The minimum absolute atomic E-state index is 0.479. The molecule has 6 nitrogen and oxygen atoms in total. The number of carbonyl (C=O) groups excluding carboxylic acids is 1. The van der Waals surface area contributed by atoms with Crippen LogP contribution in [-0.4, -0.2) is 59.5 Å². The Kier molecular flexibility index (Phi) is 2.85. The second-order valence-corrected chi connectivity index (χ2v) is 2.88. The third kappa shape index (κ3) is 2.07. The Labute approximate surface area is 71.1 Å². The number of hydroxylamine groups is 1. The summed E-state index contributed by atoms with van der Waals surface area (Å²) in [7, 11) is 1.99. The molecule has 6 heteroatoms. The minimum atomic E-state index is -0.834. The number of likely N-dealkylation sites (N-methyl/N-ethyl adjacent to an activating group) is 1. The van der Waals surface area contributed by atoms with Crippen LogP contribution in [0.3, 0.4) is 0 Å². The third-order valence-corrected chi connectivity index (χ3v) is 1.94. The summed E-state index contributed by atoms with van der Waals surface area (Å²) < 4.78 is 0. The minimum Gasteiger partial charge on any atom is -0.349 e. The molecule has 0 saturated carbocycles. The molecule has 0 aromatic heterocycles. The highest BCUT2D eigenvalue weighted by atomic mass is 16.6. The van der Waals surface area contributed by atoms with Crippen LogP contribution in [0.4, 0.5) is 4.79 Å². The standard InChI is InChI=1S/C6H14N4O2/c1-8-2-4-9(5-3-8)10(12)6(7)11/h12H,2-5H2,1H3,(H2,7,11). The van der Waals surface area contributed by atoms with Gasteiger partial charge >= 0.3 is 6.03 Å². The Morgan fingerprint density at radius 2 is 1.92 bits per heavy atom. The predicted octanol–water partition coefficient (Wildman–Crippen LogP) is -1.08. The molecule has 1 heterocycles. The molecule has 2 amide bonds. The largest absolute Gasteiger partial charge is 0.354 e. The monoisotopic (exact) mass is 174 g/mol. The van der Waals surface area contributed by atoms with Gasteiger partial charge in [-0.1, -0.05) is 0 Å². The van der Waals surface area contributed by atoms with E-state index < -0.39 is 6.03 Å². The quantitative estimate of drug-likeness (QED) is 0.392. The molecule has 0 aliphatic carbocycles. The van der Waals surface area contributed by atoms with Gasteiger partial charge in [0.15, 0.2) is 0 Å². The van der Waals surface area contributed by atoms with Crippen LogP contribution in [0.15, 0.2) is 0 Å². The summed E-state index contributed by atoms with van der Waals surface area (Å²) in [5, 5.41) is 11.1. The average Bonchev–Trinajstić information content (AvgIpc) is 2.04. The molecule has 0 spiro atoms. The molecule has 12 heavy (non-hydrogen) atoms. The first-order chi connectivity index (χ1) is 5.61. The highest BCUT2D eigenvalue weighted by Crippen LogP contribution is 2.00. The van der Waals surface area contributed by atoms with E-state index in [0.717, 1.165) is 13.1 Å². The van der Waals surface area contributed by atoms with E-state index in [1.54, 1.807) is 0 Å². The van der Waals surface area contributed by atoms with Gasteiger partial charge in [0.1, 0.15) is 0 Å². The lowest BCUT2D eigenvalue weighted by Gasteiger charge is -2.35. The van der Waals surface area contributed by atoms with Crippen molar-refractivity contribution in [2.45, 2.75) is 0 Å². The fraction of sp³-hybridized carbons (Fsp3) is 0.833. The van der Waals surface area contributed by atoms with Crippen LogP contribution in [0.2, 0.25) is 0 Å². The number of amides is 2. The maximum absolute atomic E-state index is 10.5. The van der Waals surface area contributed by atoms with Gasteiger partial charge < -0.3 is 10.6 Å². The van der Waals surface area contributed by atoms with Gasteiger partial charge in [0.25, 0.3) is 0 Å². The Morgan fingerprint density at radius 1 is 1.42 bits per heavy atom. The van der Waals surface area contributed by atoms with E-state index >= 15 is 0 Å². The number of hydrogen-bond donors (Lipinski definition) is 2. The zero-order valence-corrected chi connectivity index (χ0v) is 7.10. The summed E-state index contributed by atoms with van der Waals surface area (Å²) in [6, 6.07) is -0.834. The van der Waals surface area contributed by atoms with Gasteiger partial charge in [0.2, 0.25) is 0 Å². The van der Waals surface area contributed by atoms with Crippen molar-refractivity contribution in [3.63, 3.8) is 0 Å². The van der Waals surface area contributed by atoms with Gasteiger partial charge in [0.05, 0.1) is 0 Å². The summed E-state index contributed by atoms with van der Waals surface area (Å²) in [5.41, 5.74) is 4.88. The van der Waals surface area contributed by atoms with E-state index in [1.165, 1.54) is 5.01 Å². The predicted molar refractivity (Wildman–Crippen MR) is 42.3 cm³/mol.